The van der Waals surface area contributed by atoms with Crippen molar-refractivity contribution in [3.8, 4) is 0 Å². The molecule has 16 heavy (non-hydrogen) atoms. The van der Waals surface area contributed by atoms with Crippen LogP contribution < -0.4 is 0 Å². The molecule has 0 amide bonds. The molecule has 1 atom stereocenters. The number of thiazole rings is 1. The summed E-state index contributed by atoms with van der Waals surface area (Å²) < 4.78 is 5.72. The minimum atomic E-state index is -0.484. The molecule has 1 unspecified atom stereocenters. The van der Waals surface area contributed by atoms with Crippen molar-refractivity contribution in [2.45, 2.75) is 50.7 Å². The molecule has 0 aliphatic heterocycles. The van der Waals surface area contributed by atoms with Crippen LogP contribution in [-0.2, 0) is 10.3 Å². The summed E-state index contributed by atoms with van der Waals surface area (Å²) in [7, 11) is 1.77. The Morgan fingerprint density at radius 2 is 2.12 bits per heavy atom. The third-order valence-corrected chi connectivity index (χ3v) is 4.44. The molecule has 1 aliphatic rings. The molecule has 0 saturated heterocycles. The first-order valence-electron chi connectivity index (χ1n) is 5.87. The van der Waals surface area contributed by atoms with Crippen molar-refractivity contribution in [3.63, 3.8) is 0 Å². The normalized spacial score (nSPS) is 21.9. The van der Waals surface area contributed by atoms with Gasteiger partial charge in [-0.1, -0.05) is 19.3 Å². The number of hydrogen-bond donors (Lipinski definition) is 1. The second-order valence-electron chi connectivity index (χ2n) is 4.51. The lowest BCUT2D eigenvalue weighted by Crippen LogP contribution is -2.31. The fourth-order valence-electron chi connectivity index (χ4n) is 2.32. The average molecular weight is 241 g/mol. The van der Waals surface area contributed by atoms with Gasteiger partial charge in [0.1, 0.15) is 10.6 Å². The van der Waals surface area contributed by atoms with E-state index in [1.165, 1.54) is 19.3 Å². The molecule has 0 radical (unpaired) electrons. The van der Waals surface area contributed by atoms with Crippen LogP contribution in [0.15, 0.2) is 5.38 Å². The van der Waals surface area contributed by atoms with E-state index >= 15 is 0 Å². The first-order valence-corrected chi connectivity index (χ1v) is 6.75. The summed E-state index contributed by atoms with van der Waals surface area (Å²) in [5.74, 6) is 0. The van der Waals surface area contributed by atoms with Crippen molar-refractivity contribution in [3.05, 3.63) is 16.1 Å². The first kappa shape index (κ1) is 12.0. The van der Waals surface area contributed by atoms with E-state index in [4.69, 9.17) is 4.74 Å². The van der Waals surface area contributed by atoms with Crippen LogP contribution in [0, 0.1) is 0 Å². The van der Waals surface area contributed by atoms with Crippen LogP contribution >= 0.6 is 11.3 Å². The smallest absolute Gasteiger partial charge is 0.125 e. The SMILES string of the molecule is COC1(c2nc(C(C)O)cs2)CCCCC1. The molecule has 2 rings (SSSR count). The summed E-state index contributed by atoms with van der Waals surface area (Å²) in [4.78, 5) is 4.52. The van der Waals surface area contributed by atoms with E-state index < -0.39 is 6.10 Å². The average Bonchev–Trinajstić information content (AvgIpc) is 2.80. The number of methoxy groups -OCH3 is 1. The Kier molecular flexibility index (Phi) is 3.62. The van der Waals surface area contributed by atoms with Crippen LogP contribution in [0.4, 0.5) is 0 Å². The number of aliphatic hydroxyl groups excluding tert-OH is 1. The van der Waals surface area contributed by atoms with E-state index in [2.05, 4.69) is 4.98 Å². The van der Waals surface area contributed by atoms with Crippen molar-refractivity contribution in [1.29, 1.82) is 0 Å². The maximum absolute atomic E-state index is 9.50. The minimum absolute atomic E-state index is 0.184. The van der Waals surface area contributed by atoms with Gasteiger partial charge >= 0.3 is 0 Å². The van der Waals surface area contributed by atoms with Crippen LogP contribution in [0.2, 0.25) is 0 Å². The number of nitrogens with zero attached hydrogens (tertiary/aromatic N) is 1. The number of aliphatic hydroxyl groups is 1. The van der Waals surface area contributed by atoms with Gasteiger partial charge in [0.15, 0.2) is 0 Å². The standard InChI is InChI=1S/C12H19NO2S/c1-9(14)10-8-16-11(13-10)12(15-2)6-4-3-5-7-12/h8-9,14H,3-7H2,1-2H3. The van der Waals surface area contributed by atoms with Gasteiger partial charge in [0.2, 0.25) is 0 Å². The zero-order valence-corrected chi connectivity index (χ0v) is 10.7. The minimum Gasteiger partial charge on any atom is -0.387 e. The molecule has 0 bridgehead atoms. The molecule has 1 aromatic rings. The molecular weight excluding hydrogens is 222 g/mol. The molecular formula is C12H19NO2S. The predicted molar refractivity (Wildman–Crippen MR) is 64.5 cm³/mol. The van der Waals surface area contributed by atoms with Gasteiger partial charge in [-0.3, -0.25) is 0 Å². The molecule has 1 N–H and O–H groups in total. The highest BCUT2D eigenvalue weighted by atomic mass is 32.1. The van der Waals surface area contributed by atoms with Gasteiger partial charge < -0.3 is 9.84 Å². The summed E-state index contributed by atoms with van der Waals surface area (Å²) in [5.41, 5.74) is 0.581. The number of hydrogen-bond acceptors (Lipinski definition) is 4. The van der Waals surface area contributed by atoms with Crippen LogP contribution in [-0.4, -0.2) is 17.2 Å². The number of aromatic nitrogens is 1. The van der Waals surface area contributed by atoms with E-state index in [0.29, 0.717) is 0 Å². The summed E-state index contributed by atoms with van der Waals surface area (Å²) >= 11 is 1.61. The number of ether oxygens (including phenoxy) is 1. The fraction of sp³-hybridized carbons (Fsp3) is 0.750. The second kappa shape index (κ2) is 4.82. The Bertz CT molecular complexity index is 343. The van der Waals surface area contributed by atoms with Crippen LogP contribution in [0.1, 0.15) is 55.8 Å². The molecule has 1 saturated carbocycles. The molecule has 1 aliphatic carbocycles. The maximum Gasteiger partial charge on any atom is 0.125 e. The summed E-state index contributed by atoms with van der Waals surface area (Å²) in [5, 5.41) is 12.5. The van der Waals surface area contributed by atoms with Crippen LogP contribution in [0.3, 0.4) is 0 Å². The Morgan fingerprint density at radius 3 is 2.62 bits per heavy atom. The summed E-state index contributed by atoms with van der Waals surface area (Å²) in [6.45, 7) is 1.75. The van der Waals surface area contributed by atoms with Crippen molar-refractivity contribution in [2.24, 2.45) is 0 Å². The third-order valence-electron chi connectivity index (χ3n) is 3.39. The molecule has 0 spiro atoms. The maximum atomic E-state index is 9.50. The molecule has 1 heterocycles. The summed E-state index contributed by atoms with van der Waals surface area (Å²) in [6, 6.07) is 0. The second-order valence-corrected chi connectivity index (χ2v) is 5.37. The van der Waals surface area contributed by atoms with E-state index in [-0.39, 0.29) is 5.60 Å². The molecule has 3 nitrogen and oxygen atoms in total. The van der Waals surface area contributed by atoms with Crippen molar-refractivity contribution in [1.82, 2.24) is 4.98 Å². The Morgan fingerprint density at radius 1 is 1.44 bits per heavy atom. The first-order chi connectivity index (χ1) is 7.68. The quantitative estimate of drug-likeness (QED) is 0.884. The van der Waals surface area contributed by atoms with E-state index in [1.807, 2.05) is 5.38 Å². The zero-order chi connectivity index (χ0) is 11.6. The fourth-order valence-corrected chi connectivity index (χ4v) is 3.46. The highest BCUT2D eigenvalue weighted by Crippen LogP contribution is 2.41. The van der Waals surface area contributed by atoms with Crippen molar-refractivity contribution >= 4 is 11.3 Å². The van der Waals surface area contributed by atoms with Gasteiger partial charge in [0.05, 0.1) is 11.8 Å². The predicted octanol–water partition coefficient (Wildman–Crippen LogP) is 3.00. The van der Waals surface area contributed by atoms with Gasteiger partial charge in [-0.15, -0.1) is 11.3 Å². The monoisotopic (exact) mass is 241 g/mol. The number of rotatable bonds is 3. The lowest BCUT2D eigenvalue weighted by Gasteiger charge is -2.34. The van der Waals surface area contributed by atoms with Crippen molar-refractivity contribution < 1.29 is 9.84 Å². The molecule has 0 aromatic carbocycles. The topological polar surface area (TPSA) is 42.4 Å². The van der Waals surface area contributed by atoms with Gasteiger partial charge in [-0.25, -0.2) is 4.98 Å². The highest BCUT2D eigenvalue weighted by molar-refractivity contribution is 7.09. The molecule has 4 heteroatoms. The Hall–Kier alpha value is -0.450. The molecule has 1 aromatic heterocycles. The van der Waals surface area contributed by atoms with E-state index in [1.54, 1.807) is 25.4 Å². The van der Waals surface area contributed by atoms with Crippen LogP contribution in [0.5, 0.6) is 0 Å². The van der Waals surface area contributed by atoms with E-state index in [9.17, 15) is 5.11 Å². The molecule has 90 valence electrons. The van der Waals surface area contributed by atoms with Gasteiger partial charge in [-0.2, -0.15) is 0 Å². The Labute approximate surface area is 100 Å². The zero-order valence-electron chi connectivity index (χ0n) is 9.90. The Balaban J connectivity index is 2.25. The van der Waals surface area contributed by atoms with E-state index in [0.717, 1.165) is 23.5 Å². The highest BCUT2D eigenvalue weighted by Gasteiger charge is 2.36. The van der Waals surface area contributed by atoms with Crippen molar-refractivity contribution in [2.75, 3.05) is 7.11 Å². The largest absolute Gasteiger partial charge is 0.387 e. The van der Waals surface area contributed by atoms with Gasteiger partial charge in [-0.05, 0) is 19.8 Å². The lowest BCUT2D eigenvalue weighted by molar-refractivity contribution is -0.0448. The third kappa shape index (κ3) is 2.14. The van der Waals surface area contributed by atoms with Gasteiger partial charge in [0, 0.05) is 12.5 Å². The van der Waals surface area contributed by atoms with Crippen LogP contribution in [0.25, 0.3) is 0 Å². The lowest BCUT2D eigenvalue weighted by atomic mass is 9.85. The molecule has 1 fully saturated rings. The van der Waals surface area contributed by atoms with Gasteiger partial charge in [0.25, 0.3) is 0 Å². The summed E-state index contributed by atoms with van der Waals surface area (Å²) in [6.07, 6.45) is 5.32.